The van der Waals surface area contributed by atoms with Crippen LogP contribution in [0.2, 0.25) is 0 Å². The van der Waals surface area contributed by atoms with Gasteiger partial charge in [-0.25, -0.2) is 0 Å². The fraction of sp³-hybridized carbons (Fsp3) is 0.917. The summed E-state index contributed by atoms with van der Waals surface area (Å²) in [5, 5.41) is 15.5. The van der Waals surface area contributed by atoms with Gasteiger partial charge in [-0.05, 0) is 33.6 Å². The van der Waals surface area contributed by atoms with Crippen molar-refractivity contribution in [1.82, 2.24) is 10.6 Å². The second kappa shape index (κ2) is 6.86. The van der Waals surface area contributed by atoms with E-state index in [9.17, 15) is 9.90 Å². The van der Waals surface area contributed by atoms with E-state index in [-0.39, 0.29) is 18.5 Å². The second-order valence-corrected chi connectivity index (χ2v) is 4.83. The van der Waals surface area contributed by atoms with E-state index >= 15 is 0 Å². The van der Waals surface area contributed by atoms with E-state index in [1.54, 1.807) is 6.92 Å². The number of hydrogen-bond donors (Lipinski definition) is 3. The monoisotopic (exact) mass is 230 g/mol. The van der Waals surface area contributed by atoms with Gasteiger partial charge in [-0.2, -0.15) is 0 Å². The molecule has 96 valence electrons. The van der Waals surface area contributed by atoms with Gasteiger partial charge in [0, 0.05) is 11.6 Å². The van der Waals surface area contributed by atoms with Crippen LogP contribution in [0.5, 0.6) is 0 Å². The molecule has 0 aromatic carbocycles. The normalized spacial score (nSPS) is 13.9. The fourth-order valence-corrected chi connectivity index (χ4v) is 1.23. The smallest absolute Gasteiger partial charge is 0.234 e. The van der Waals surface area contributed by atoms with Crippen LogP contribution in [0.15, 0.2) is 0 Å². The maximum atomic E-state index is 11.6. The van der Waals surface area contributed by atoms with Crippen LogP contribution < -0.4 is 10.6 Å². The first kappa shape index (κ1) is 15.4. The minimum Gasteiger partial charge on any atom is -0.392 e. The molecule has 0 aliphatic carbocycles. The Kier molecular flexibility index (Phi) is 6.60. The van der Waals surface area contributed by atoms with E-state index in [0.29, 0.717) is 0 Å². The van der Waals surface area contributed by atoms with Crippen LogP contribution in [0, 0.1) is 0 Å². The minimum atomic E-state index is -0.492. The number of carbonyl (C=O) groups excluding carboxylic acids is 1. The molecular weight excluding hydrogens is 204 g/mol. The van der Waals surface area contributed by atoms with Gasteiger partial charge in [0.15, 0.2) is 0 Å². The zero-order chi connectivity index (χ0) is 12.8. The Bertz CT molecular complexity index is 211. The van der Waals surface area contributed by atoms with Crippen molar-refractivity contribution in [2.45, 2.75) is 65.1 Å². The minimum absolute atomic E-state index is 0.0116. The van der Waals surface area contributed by atoms with Crippen molar-refractivity contribution in [2.75, 3.05) is 6.54 Å². The Labute approximate surface area is 98.8 Å². The maximum absolute atomic E-state index is 11.6. The van der Waals surface area contributed by atoms with E-state index in [2.05, 4.69) is 24.5 Å². The van der Waals surface area contributed by atoms with E-state index in [1.807, 2.05) is 13.8 Å². The van der Waals surface area contributed by atoms with Crippen molar-refractivity contribution >= 4 is 5.91 Å². The molecule has 16 heavy (non-hydrogen) atoms. The zero-order valence-electron chi connectivity index (χ0n) is 11.1. The van der Waals surface area contributed by atoms with Crippen molar-refractivity contribution in [3.63, 3.8) is 0 Å². The lowest BCUT2D eigenvalue weighted by Gasteiger charge is -2.29. The topological polar surface area (TPSA) is 61.4 Å². The molecule has 0 heterocycles. The van der Waals surface area contributed by atoms with E-state index < -0.39 is 11.6 Å². The standard InChI is InChI=1S/C12H26N2O2/c1-6-10(7-2)14-11(16)8-13-12(4,5)9(3)15/h9-10,13,15H,6-8H2,1-5H3,(H,14,16). The van der Waals surface area contributed by atoms with Crippen LogP contribution in [-0.4, -0.2) is 35.2 Å². The third kappa shape index (κ3) is 5.47. The highest BCUT2D eigenvalue weighted by molar-refractivity contribution is 5.78. The van der Waals surface area contributed by atoms with Gasteiger partial charge >= 0.3 is 0 Å². The fourth-order valence-electron chi connectivity index (χ4n) is 1.23. The summed E-state index contributed by atoms with van der Waals surface area (Å²) in [7, 11) is 0. The molecule has 0 aromatic rings. The van der Waals surface area contributed by atoms with Crippen LogP contribution in [0.3, 0.4) is 0 Å². The Morgan fingerprint density at radius 3 is 2.19 bits per heavy atom. The van der Waals surface area contributed by atoms with Crippen LogP contribution in [0.1, 0.15) is 47.5 Å². The molecule has 3 N–H and O–H groups in total. The van der Waals surface area contributed by atoms with E-state index in [0.717, 1.165) is 12.8 Å². The molecule has 0 rings (SSSR count). The van der Waals surface area contributed by atoms with Crippen LogP contribution >= 0.6 is 0 Å². The molecule has 1 unspecified atom stereocenters. The number of hydrogen-bond acceptors (Lipinski definition) is 3. The highest BCUT2D eigenvalue weighted by Gasteiger charge is 2.24. The van der Waals surface area contributed by atoms with E-state index in [1.165, 1.54) is 0 Å². The largest absolute Gasteiger partial charge is 0.392 e. The van der Waals surface area contributed by atoms with Gasteiger partial charge in [0.05, 0.1) is 12.6 Å². The molecule has 0 saturated carbocycles. The summed E-state index contributed by atoms with van der Waals surface area (Å²) in [4.78, 5) is 11.6. The second-order valence-electron chi connectivity index (χ2n) is 4.83. The van der Waals surface area contributed by atoms with Gasteiger partial charge in [-0.3, -0.25) is 4.79 Å². The Morgan fingerprint density at radius 2 is 1.81 bits per heavy atom. The first-order chi connectivity index (χ1) is 7.33. The Morgan fingerprint density at radius 1 is 1.31 bits per heavy atom. The van der Waals surface area contributed by atoms with Gasteiger partial charge in [0.25, 0.3) is 0 Å². The summed E-state index contributed by atoms with van der Waals surface area (Å²) in [6.45, 7) is 9.83. The third-order valence-electron chi connectivity index (χ3n) is 3.10. The van der Waals surface area contributed by atoms with Crippen molar-refractivity contribution < 1.29 is 9.90 Å². The number of nitrogens with one attached hydrogen (secondary N) is 2. The Hall–Kier alpha value is -0.610. The molecule has 0 aromatic heterocycles. The summed E-state index contributed by atoms with van der Waals surface area (Å²) in [6.07, 6.45) is 1.40. The molecule has 0 aliphatic rings. The first-order valence-electron chi connectivity index (χ1n) is 6.05. The van der Waals surface area contributed by atoms with Gasteiger partial charge in [0.1, 0.15) is 0 Å². The van der Waals surface area contributed by atoms with Crippen LogP contribution in [0.25, 0.3) is 0 Å². The first-order valence-corrected chi connectivity index (χ1v) is 6.05. The maximum Gasteiger partial charge on any atom is 0.234 e. The molecule has 0 radical (unpaired) electrons. The molecule has 0 spiro atoms. The molecule has 1 amide bonds. The quantitative estimate of drug-likeness (QED) is 0.612. The molecule has 0 fully saturated rings. The molecule has 0 aliphatic heterocycles. The number of amides is 1. The number of aliphatic hydroxyl groups is 1. The van der Waals surface area contributed by atoms with Crippen LogP contribution in [0.4, 0.5) is 0 Å². The lowest BCUT2D eigenvalue weighted by molar-refractivity contribution is -0.121. The van der Waals surface area contributed by atoms with Crippen molar-refractivity contribution in [1.29, 1.82) is 0 Å². The average molecular weight is 230 g/mol. The SMILES string of the molecule is CCC(CC)NC(=O)CNC(C)(C)C(C)O. The summed E-state index contributed by atoms with van der Waals surface area (Å²) < 4.78 is 0. The summed E-state index contributed by atoms with van der Waals surface area (Å²) in [5.41, 5.74) is -0.439. The molecule has 4 nitrogen and oxygen atoms in total. The third-order valence-corrected chi connectivity index (χ3v) is 3.10. The highest BCUT2D eigenvalue weighted by Crippen LogP contribution is 2.07. The number of rotatable bonds is 7. The summed E-state index contributed by atoms with van der Waals surface area (Å²) >= 11 is 0. The number of carbonyl (C=O) groups is 1. The highest BCUT2D eigenvalue weighted by atomic mass is 16.3. The summed E-state index contributed by atoms with van der Waals surface area (Å²) in [6, 6.07) is 0.254. The van der Waals surface area contributed by atoms with Crippen molar-refractivity contribution in [3.05, 3.63) is 0 Å². The van der Waals surface area contributed by atoms with Gasteiger partial charge < -0.3 is 15.7 Å². The summed E-state index contributed by atoms with van der Waals surface area (Å²) in [5.74, 6) is -0.0116. The molecule has 0 bridgehead atoms. The van der Waals surface area contributed by atoms with Crippen molar-refractivity contribution in [2.24, 2.45) is 0 Å². The van der Waals surface area contributed by atoms with Gasteiger partial charge in [-0.1, -0.05) is 13.8 Å². The molecule has 1 atom stereocenters. The molecule has 0 saturated heterocycles. The van der Waals surface area contributed by atoms with E-state index in [4.69, 9.17) is 0 Å². The number of aliphatic hydroxyl groups excluding tert-OH is 1. The lowest BCUT2D eigenvalue weighted by Crippen LogP contribution is -2.52. The molecule has 4 heteroatoms. The van der Waals surface area contributed by atoms with Gasteiger partial charge in [-0.15, -0.1) is 0 Å². The predicted molar refractivity (Wildman–Crippen MR) is 66.3 cm³/mol. The van der Waals surface area contributed by atoms with Crippen molar-refractivity contribution in [3.8, 4) is 0 Å². The zero-order valence-corrected chi connectivity index (χ0v) is 11.1. The Balaban J connectivity index is 3.98. The van der Waals surface area contributed by atoms with Gasteiger partial charge in [0.2, 0.25) is 5.91 Å². The average Bonchev–Trinajstić information content (AvgIpc) is 2.23. The predicted octanol–water partition coefficient (Wildman–Crippen LogP) is 1.04. The molecular formula is C12H26N2O2. The lowest BCUT2D eigenvalue weighted by atomic mass is 9.99. The van der Waals surface area contributed by atoms with Crippen LogP contribution in [-0.2, 0) is 4.79 Å².